The van der Waals surface area contributed by atoms with Gasteiger partial charge in [0.25, 0.3) is 10.0 Å². The van der Waals surface area contributed by atoms with Crippen LogP contribution in [-0.2, 0) is 16.6 Å². The van der Waals surface area contributed by atoms with Crippen LogP contribution < -0.4 is 10.0 Å². The van der Waals surface area contributed by atoms with Crippen molar-refractivity contribution in [1.29, 1.82) is 0 Å². The zero-order valence-electron chi connectivity index (χ0n) is 13.8. The lowest BCUT2D eigenvalue weighted by molar-refractivity contribution is 0.600. The Labute approximate surface area is 145 Å². The summed E-state index contributed by atoms with van der Waals surface area (Å²) in [6.07, 6.45) is 5.07. The SMILES string of the molecule is Cc1n[nH]c(C)c1S(=O)(=O)Nc1ccc(NCc2cccnc2)cn1. The number of hydrogen-bond acceptors (Lipinski definition) is 6. The summed E-state index contributed by atoms with van der Waals surface area (Å²) in [6.45, 7) is 3.90. The second-order valence-corrected chi connectivity index (χ2v) is 7.13. The predicted molar refractivity (Wildman–Crippen MR) is 94.7 cm³/mol. The molecule has 0 amide bonds. The second-order valence-electron chi connectivity index (χ2n) is 5.52. The quantitative estimate of drug-likeness (QED) is 0.623. The number of aromatic amines is 1. The number of hydrogen-bond donors (Lipinski definition) is 3. The molecule has 130 valence electrons. The fourth-order valence-electron chi connectivity index (χ4n) is 2.39. The van der Waals surface area contributed by atoms with Gasteiger partial charge in [-0.2, -0.15) is 5.10 Å². The third kappa shape index (κ3) is 3.94. The van der Waals surface area contributed by atoms with Crippen LogP contribution in [0.25, 0.3) is 0 Å². The Morgan fingerprint density at radius 3 is 2.60 bits per heavy atom. The fourth-order valence-corrected chi connectivity index (χ4v) is 3.77. The zero-order valence-corrected chi connectivity index (χ0v) is 14.6. The highest BCUT2D eigenvalue weighted by Gasteiger charge is 2.22. The molecular weight excluding hydrogens is 340 g/mol. The first-order valence-electron chi connectivity index (χ1n) is 7.59. The van der Waals surface area contributed by atoms with Crippen LogP contribution in [0.15, 0.2) is 47.8 Å². The van der Waals surface area contributed by atoms with Gasteiger partial charge in [0.15, 0.2) is 0 Å². The Kier molecular flexibility index (Phi) is 4.66. The summed E-state index contributed by atoms with van der Waals surface area (Å²) >= 11 is 0. The highest BCUT2D eigenvalue weighted by molar-refractivity contribution is 7.92. The summed E-state index contributed by atoms with van der Waals surface area (Å²) in [7, 11) is -3.73. The molecule has 3 aromatic rings. The van der Waals surface area contributed by atoms with Gasteiger partial charge >= 0.3 is 0 Å². The number of anilines is 2. The Balaban J connectivity index is 1.68. The van der Waals surface area contributed by atoms with Crippen LogP contribution >= 0.6 is 0 Å². The van der Waals surface area contributed by atoms with Gasteiger partial charge in [0, 0.05) is 18.9 Å². The molecule has 0 aliphatic carbocycles. The van der Waals surface area contributed by atoms with Crippen LogP contribution in [0.2, 0.25) is 0 Å². The van der Waals surface area contributed by atoms with Crippen molar-refractivity contribution in [3.05, 3.63) is 59.8 Å². The lowest BCUT2D eigenvalue weighted by atomic mass is 10.3. The molecule has 9 heteroatoms. The van der Waals surface area contributed by atoms with Crippen molar-refractivity contribution < 1.29 is 8.42 Å². The largest absolute Gasteiger partial charge is 0.380 e. The normalized spacial score (nSPS) is 11.3. The molecule has 0 fully saturated rings. The molecule has 0 unspecified atom stereocenters. The maximum atomic E-state index is 12.5. The van der Waals surface area contributed by atoms with Gasteiger partial charge in [0.2, 0.25) is 0 Å². The van der Waals surface area contributed by atoms with E-state index in [4.69, 9.17) is 0 Å². The van der Waals surface area contributed by atoms with Crippen LogP contribution in [0.5, 0.6) is 0 Å². The minimum Gasteiger partial charge on any atom is -0.380 e. The Morgan fingerprint density at radius 1 is 1.16 bits per heavy atom. The molecule has 0 atom stereocenters. The van der Waals surface area contributed by atoms with Gasteiger partial charge in [-0.05, 0) is 37.6 Å². The summed E-state index contributed by atoms with van der Waals surface area (Å²) in [5, 5.41) is 9.78. The highest BCUT2D eigenvalue weighted by Crippen LogP contribution is 2.20. The molecule has 0 aromatic carbocycles. The van der Waals surface area contributed by atoms with Gasteiger partial charge in [0.05, 0.1) is 23.3 Å². The molecule has 0 aliphatic heterocycles. The summed E-state index contributed by atoms with van der Waals surface area (Å²) in [4.78, 5) is 8.34. The molecular formula is C16H18N6O2S. The first-order valence-corrected chi connectivity index (χ1v) is 9.07. The molecule has 0 radical (unpaired) electrons. The molecule has 3 heterocycles. The van der Waals surface area contributed by atoms with E-state index in [1.54, 1.807) is 44.6 Å². The minimum absolute atomic E-state index is 0.146. The van der Waals surface area contributed by atoms with Gasteiger partial charge in [-0.15, -0.1) is 0 Å². The van der Waals surface area contributed by atoms with Crippen molar-refractivity contribution in [2.45, 2.75) is 25.3 Å². The maximum Gasteiger partial charge on any atom is 0.266 e. The van der Waals surface area contributed by atoms with Crippen molar-refractivity contribution in [2.75, 3.05) is 10.0 Å². The number of rotatable bonds is 6. The second kappa shape index (κ2) is 6.89. The van der Waals surface area contributed by atoms with E-state index in [0.717, 1.165) is 11.3 Å². The number of aromatic nitrogens is 4. The molecule has 0 saturated heterocycles. The molecule has 3 aromatic heterocycles. The maximum absolute atomic E-state index is 12.5. The standard InChI is InChI=1S/C16H18N6O2S/c1-11-16(12(2)21-20-11)25(23,24)22-15-6-5-14(10-19-15)18-9-13-4-3-7-17-8-13/h3-8,10,18H,9H2,1-2H3,(H,19,22)(H,20,21). The average molecular weight is 358 g/mol. The van der Waals surface area contributed by atoms with Gasteiger partial charge in [-0.3, -0.25) is 14.8 Å². The third-order valence-electron chi connectivity index (χ3n) is 3.55. The van der Waals surface area contributed by atoms with E-state index in [2.05, 4.69) is 30.2 Å². The first kappa shape index (κ1) is 16.9. The molecule has 0 spiro atoms. The monoisotopic (exact) mass is 358 g/mol. The van der Waals surface area contributed by atoms with Gasteiger partial charge in [0.1, 0.15) is 10.7 Å². The van der Waals surface area contributed by atoms with Crippen LogP contribution in [0.4, 0.5) is 11.5 Å². The lowest BCUT2D eigenvalue weighted by Gasteiger charge is -2.09. The van der Waals surface area contributed by atoms with E-state index in [1.807, 2.05) is 12.1 Å². The van der Waals surface area contributed by atoms with Crippen LogP contribution in [-0.4, -0.2) is 28.6 Å². The number of pyridine rings is 2. The summed E-state index contributed by atoms with van der Waals surface area (Å²) in [5.41, 5.74) is 2.72. The highest BCUT2D eigenvalue weighted by atomic mass is 32.2. The molecule has 0 saturated carbocycles. The van der Waals surface area contributed by atoms with Gasteiger partial charge in [-0.25, -0.2) is 13.4 Å². The smallest absolute Gasteiger partial charge is 0.266 e. The van der Waals surface area contributed by atoms with Crippen molar-refractivity contribution in [2.24, 2.45) is 0 Å². The summed E-state index contributed by atoms with van der Waals surface area (Å²) in [6, 6.07) is 7.20. The average Bonchev–Trinajstić information content (AvgIpc) is 2.94. The third-order valence-corrected chi connectivity index (χ3v) is 5.17. The van der Waals surface area contributed by atoms with Crippen molar-refractivity contribution in [3.8, 4) is 0 Å². The molecule has 0 aliphatic rings. The lowest BCUT2D eigenvalue weighted by Crippen LogP contribution is -2.15. The molecule has 3 rings (SSSR count). The van der Waals surface area contributed by atoms with E-state index >= 15 is 0 Å². The van der Waals surface area contributed by atoms with E-state index in [9.17, 15) is 8.42 Å². The number of nitrogens with zero attached hydrogens (tertiary/aromatic N) is 3. The predicted octanol–water partition coefficient (Wildman–Crippen LogP) is 2.23. The van der Waals surface area contributed by atoms with E-state index < -0.39 is 10.0 Å². The molecule has 3 N–H and O–H groups in total. The van der Waals surface area contributed by atoms with Gasteiger partial charge < -0.3 is 5.32 Å². The molecule has 8 nitrogen and oxygen atoms in total. The van der Waals surface area contributed by atoms with E-state index in [1.165, 1.54) is 0 Å². The van der Waals surface area contributed by atoms with E-state index in [-0.39, 0.29) is 10.7 Å². The Bertz CT molecular complexity index is 933. The number of nitrogens with one attached hydrogen (secondary N) is 3. The summed E-state index contributed by atoms with van der Waals surface area (Å²) in [5.74, 6) is 0.243. The number of H-pyrrole nitrogens is 1. The number of sulfonamides is 1. The van der Waals surface area contributed by atoms with Crippen molar-refractivity contribution >= 4 is 21.5 Å². The van der Waals surface area contributed by atoms with Crippen LogP contribution in [0.1, 0.15) is 17.0 Å². The fraction of sp³-hybridized carbons (Fsp3) is 0.188. The Hall–Kier alpha value is -2.94. The van der Waals surface area contributed by atoms with Crippen molar-refractivity contribution in [3.63, 3.8) is 0 Å². The van der Waals surface area contributed by atoms with Crippen LogP contribution in [0, 0.1) is 13.8 Å². The van der Waals surface area contributed by atoms with Crippen LogP contribution in [0.3, 0.4) is 0 Å². The van der Waals surface area contributed by atoms with Gasteiger partial charge in [-0.1, -0.05) is 6.07 Å². The summed E-state index contributed by atoms with van der Waals surface area (Å²) < 4.78 is 27.4. The van der Waals surface area contributed by atoms with E-state index in [0.29, 0.717) is 17.9 Å². The Morgan fingerprint density at radius 2 is 2.00 bits per heavy atom. The zero-order chi connectivity index (χ0) is 17.9. The molecule has 25 heavy (non-hydrogen) atoms. The topological polar surface area (TPSA) is 113 Å². The number of aryl methyl sites for hydroxylation is 2. The van der Waals surface area contributed by atoms with Crippen molar-refractivity contribution in [1.82, 2.24) is 20.2 Å². The molecule has 0 bridgehead atoms. The first-order chi connectivity index (χ1) is 12.0. The minimum atomic E-state index is -3.73.